The summed E-state index contributed by atoms with van der Waals surface area (Å²) in [6.45, 7) is 2.88. The average Bonchev–Trinajstić information content (AvgIpc) is 3.04. The van der Waals surface area contributed by atoms with Crippen molar-refractivity contribution in [1.29, 1.82) is 0 Å². The third-order valence-corrected chi connectivity index (χ3v) is 5.45. The first-order chi connectivity index (χ1) is 12.2. The second-order valence-corrected chi connectivity index (χ2v) is 7.46. The number of anilines is 1. The summed E-state index contributed by atoms with van der Waals surface area (Å²) < 4.78 is 1.18. The molecule has 0 radical (unpaired) electrons. The summed E-state index contributed by atoms with van der Waals surface area (Å²) in [4.78, 5) is 4.69. The lowest BCUT2D eigenvalue weighted by Crippen LogP contribution is -1.99. The van der Waals surface area contributed by atoms with Gasteiger partial charge in [-0.15, -0.1) is 11.3 Å². The van der Waals surface area contributed by atoms with Crippen LogP contribution in [0.3, 0.4) is 0 Å². The highest BCUT2D eigenvalue weighted by atomic mass is 35.5. The second kappa shape index (κ2) is 6.87. The lowest BCUT2D eigenvalue weighted by Gasteiger charge is -2.09. The Hall–Kier alpha value is -2.36. The van der Waals surface area contributed by atoms with Crippen molar-refractivity contribution >= 4 is 38.8 Å². The number of rotatable bonds is 4. The van der Waals surface area contributed by atoms with Gasteiger partial charge in [0.15, 0.2) is 0 Å². The Labute approximate surface area is 156 Å². The molecule has 0 fully saturated rings. The molecule has 0 aliphatic rings. The Kier molecular flexibility index (Phi) is 4.43. The van der Waals surface area contributed by atoms with E-state index in [0.717, 1.165) is 28.3 Å². The zero-order chi connectivity index (χ0) is 17.2. The maximum absolute atomic E-state index is 6.53. The van der Waals surface area contributed by atoms with E-state index < -0.39 is 0 Å². The third-order valence-electron chi connectivity index (χ3n) is 4.07. The number of aryl methyl sites for hydroxylation is 1. The SMILES string of the molecule is Cc1cccc(CNc2ccc(-c3nc4ccccc4s3)c(Cl)c2)c1. The molecule has 0 aliphatic heterocycles. The standard InChI is InChI=1S/C21H17ClN2S/c1-14-5-4-6-15(11-14)13-23-16-9-10-17(18(22)12-16)21-24-19-7-2-3-8-20(19)25-21/h2-12,23H,13H2,1H3. The summed E-state index contributed by atoms with van der Waals surface area (Å²) in [5, 5.41) is 5.10. The van der Waals surface area contributed by atoms with Crippen LogP contribution in [0.5, 0.6) is 0 Å². The zero-order valence-electron chi connectivity index (χ0n) is 13.8. The number of halogens is 1. The molecule has 1 aromatic heterocycles. The van der Waals surface area contributed by atoms with Crippen LogP contribution in [0.1, 0.15) is 11.1 Å². The molecule has 1 N–H and O–H groups in total. The second-order valence-electron chi connectivity index (χ2n) is 6.02. The van der Waals surface area contributed by atoms with Gasteiger partial charge in [0.05, 0.1) is 15.2 Å². The maximum atomic E-state index is 6.53. The van der Waals surface area contributed by atoms with Crippen molar-refractivity contribution in [1.82, 2.24) is 4.98 Å². The average molecular weight is 365 g/mol. The molecule has 4 heteroatoms. The molecule has 0 unspecified atom stereocenters. The predicted octanol–water partition coefficient (Wildman–Crippen LogP) is 6.54. The lowest BCUT2D eigenvalue weighted by atomic mass is 10.1. The molecule has 4 rings (SSSR count). The van der Waals surface area contributed by atoms with E-state index in [9.17, 15) is 0 Å². The molecule has 3 aromatic carbocycles. The summed E-state index contributed by atoms with van der Waals surface area (Å²) in [5.41, 5.74) is 5.52. The number of hydrogen-bond acceptors (Lipinski definition) is 3. The van der Waals surface area contributed by atoms with Crippen molar-refractivity contribution in [3.05, 3.63) is 82.9 Å². The molecule has 0 atom stereocenters. The van der Waals surface area contributed by atoms with Crippen LogP contribution in [0.2, 0.25) is 5.02 Å². The number of nitrogens with zero attached hydrogens (tertiary/aromatic N) is 1. The topological polar surface area (TPSA) is 24.9 Å². The molecule has 0 amide bonds. The van der Waals surface area contributed by atoms with Gasteiger partial charge in [-0.1, -0.05) is 53.6 Å². The Bertz CT molecular complexity index is 1010. The Morgan fingerprint density at radius 1 is 1.00 bits per heavy atom. The van der Waals surface area contributed by atoms with E-state index in [-0.39, 0.29) is 0 Å². The van der Waals surface area contributed by atoms with Gasteiger partial charge < -0.3 is 5.32 Å². The highest BCUT2D eigenvalue weighted by Gasteiger charge is 2.10. The van der Waals surface area contributed by atoms with Crippen LogP contribution < -0.4 is 5.32 Å². The van der Waals surface area contributed by atoms with Gasteiger partial charge in [-0.3, -0.25) is 0 Å². The molecule has 0 bridgehead atoms. The van der Waals surface area contributed by atoms with E-state index >= 15 is 0 Å². The van der Waals surface area contributed by atoms with E-state index in [1.54, 1.807) is 11.3 Å². The van der Waals surface area contributed by atoms with Crippen LogP contribution >= 0.6 is 22.9 Å². The van der Waals surface area contributed by atoms with E-state index in [2.05, 4.69) is 48.6 Å². The molecule has 0 spiro atoms. The van der Waals surface area contributed by atoms with Crippen LogP contribution in [0.4, 0.5) is 5.69 Å². The predicted molar refractivity (Wildman–Crippen MR) is 109 cm³/mol. The quantitative estimate of drug-likeness (QED) is 0.444. The lowest BCUT2D eigenvalue weighted by molar-refractivity contribution is 1.14. The normalized spacial score (nSPS) is 11.0. The van der Waals surface area contributed by atoms with Crippen molar-refractivity contribution in [3.8, 4) is 10.6 Å². The Morgan fingerprint density at radius 3 is 2.68 bits per heavy atom. The Morgan fingerprint density at radius 2 is 1.88 bits per heavy atom. The van der Waals surface area contributed by atoms with Gasteiger partial charge in [0, 0.05) is 17.8 Å². The van der Waals surface area contributed by atoms with Gasteiger partial charge in [-0.2, -0.15) is 0 Å². The van der Waals surface area contributed by atoms with E-state index in [1.165, 1.54) is 15.8 Å². The molecule has 2 nitrogen and oxygen atoms in total. The molecular formula is C21H17ClN2S. The number of thiazole rings is 1. The molecule has 1 heterocycles. The number of benzene rings is 3. The number of aromatic nitrogens is 1. The smallest absolute Gasteiger partial charge is 0.126 e. The van der Waals surface area contributed by atoms with Gasteiger partial charge in [0.1, 0.15) is 5.01 Å². The van der Waals surface area contributed by atoms with Crippen molar-refractivity contribution in [2.75, 3.05) is 5.32 Å². The van der Waals surface area contributed by atoms with Gasteiger partial charge >= 0.3 is 0 Å². The minimum absolute atomic E-state index is 0.716. The largest absolute Gasteiger partial charge is 0.381 e. The van der Waals surface area contributed by atoms with Crippen LogP contribution in [-0.4, -0.2) is 4.98 Å². The minimum Gasteiger partial charge on any atom is -0.381 e. The first-order valence-corrected chi connectivity index (χ1v) is 9.33. The van der Waals surface area contributed by atoms with Crippen LogP contribution in [0.25, 0.3) is 20.8 Å². The van der Waals surface area contributed by atoms with Crippen LogP contribution in [-0.2, 0) is 6.54 Å². The number of nitrogens with one attached hydrogen (secondary N) is 1. The Balaban J connectivity index is 1.56. The highest BCUT2D eigenvalue weighted by molar-refractivity contribution is 7.21. The first-order valence-electron chi connectivity index (χ1n) is 8.14. The number of fused-ring (bicyclic) bond motifs is 1. The summed E-state index contributed by atoms with van der Waals surface area (Å²) in [6.07, 6.45) is 0. The number of para-hydroxylation sites is 1. The number of hydrogen-bond donors (Lipinski definition) is 1. The van der Waals surface area contributed by atoms with E-state index in [0.29, 0.717) is 5.02 Å². The molecule has 4 aromatic rings. The molecule has 25 heavy (non-hydrogen) atoms. The minimum atomic E-state index is 0.716. The molecule has 124 valence electrons. The maximum Gasteiger partial charge on any atom is 0.126 e. The monoisotopic (exact) mass is 364 g/mol. The fraction of sp³-hybridized carbons (Fsp3) is 0.0952. The van der Waals surface area contributed by atoms with Gasteiger partial charge in [-0.25, -0.2) is 4.98 Å². The first kappa shape index (κ1) is 16.1. The van der Waals surface area contributed by atoms with Crippen molar-refractivity contribution in [2.45, 2.75) is 13.5 Å². The third kappa shape index (κ3) is 3.53. The molecular weight excluding hydrogens is 348 g/mol. The molecule has 0 saturated carbocycles. The zero-order valence-corrected chi connectivity index (χ0v) is 15.4. The summed E-state index contributed by atoms with van der Waals surface area (Å²) in [5.74, 6) is 0. The summed E-state index contributed by atoms with van der Waals surface area (Å²) in [7, 11) is 0. The van der Waals surface area contributed by atoms with Crippen molar-refractivity contribution < 1.29 is 0 Å². The van der Waals surface area contributed by atoms with Crippen LogP contribution in [0, 0.1) is 6.92 Å². The fourth-order valence-corrected chi connectivity index (χ4v) is 4.14. The van der Waals surface area contributed by atoms with Gasteiger partial charge in [-0.05, 0) is 42.8 Å². The molecule has 0 aliphatic carbocycles. The van der Waals surface area contributed by atoms with Gasteiger partial charge in [0.2, 0.25) is 0 Å². The van der Waals surface area contributed by atoms with Crippen LogP contribution in [0.15, 0.2) is 66.7 Å². The fourth-order valence-electron chi connectivity index (χ4n) is 2.81. The van der Waals surface area contributed by atoms with E-state index in [1.807, 2.05) is 30.3 Å². The van der Waals surface area contributed by atoms with Crippen molar-refractivity contribution in [2.24, 2.45) is 0 Å². The highest BCUT2D eigenvalue weighted by Crippen LogP contribution is 2.35. The summed E-state index contributed by atoms with van der Waals surface area (Å²) >= 11 is 8.19. The van der Waals surface area contributed by atoms with Gasteiger partial charge in [0.25, 0.3) is 0 Å². The molecule has 0 saturated heterocycles. The summed E-state index contributed by atoms with van der Waals surface area (Å²) in [6, 6.07) is 22.7. The van der Waals surface area contributed by atoms with Crippen molar-refractivity contribution in [3.63, 3.8) is 0 Å². The van der Waals surface area contributed by atoms with E-state index in [4.69, 9.17) is 16.6 Å².